The van der Waals surface area contributed by atoms with Crippen molar-refractivity contribution in [1.29, 1.82) is 0 Å². The number of thiazole rings is 1. The molecule has 5 heteroatoms. The number of carbonyl (C=O) groups excluding carboxylic acids is 1. The van der Waals surface area contributed by atoms with Gasteiger partial charge in [0.05, 0.1) is 16.6 Å². The Bertz CT molecular complexity index is 1230. The van der Waals surface area contributed by atoms with Crippen molar-refractivity contribution in [1.82, 2.24) is 4.98 Å². The lowest BCUT2D eigenvalue weighted by Crippen LogP contribution is -2.14. The first-order chi connectivity index (χ1) is 15.5. The van der Waals surface area contributed by atoms with Crippen molar-refractivity contribution < 1.29 is 4.79 Å². The smallest absolute Gasteiger partial charge is 0.229 e. The van der Waals surface area contributed by atoms with Crippen molar-refractivity contribution >= 4 is 43.8 Å². The van der Waals surface area contributed by atoms with Crippen molar-refractivity contribution in [3.05, 3.63) is 70.1 Å². The first-order valence-electron chi connectivity index (χ1n) is 11.4. The van der Waals surface area contributed by atoms with Crippen LogP contribution in [0, 0.1) is 5.92 Å². The summed E-state index contributed by atoms with van der Waals surface area (Å²) in [4.78, 5) is 19.4. The van der Waals surface area contributed by atoms with Crippen LogP contribution in [0.25, 0.3) is 20.8 Å². The molecule has 1 atom stereocenters. The van der Waals surface area contributed by atoms with Crippen LogP contribution in [-0.2, 0) is 24.1 Å². The first-order valence-corrected chi connectivity index (χ1v) is 13.0. The summed E-state index contributed by atoms with van der Waals surface area (Å²) in [6.45, 7) is 6.69. The lowest BCUT2D eigenvalue weighted by atomic mass is 9.88. The molecule has 5 rings (SSSR count). The molecule has 1 unspecified atom stereocenters. The molecule has 2 heterocycles. The summed E-state index contributed by atoms with van der Waals surface area (Å²) in [6, 6.07) is 16.7. The highest BCUT2D eigenvalue weighted by Gasteiger charge is 2.27. The lowest BCUT2D eigenvalue weighted by molar-refractivity contribution is -0.115. The topological polar surface area (TPSA) is 42.0 Å². The predicted molar refractivity (Wildman–Crippen MR) is 137 cm³/mol. The van der Waals surface area contributed by atoms with Gasteiger partial charge in [0.25, 0.3) is 0 Å². The molecule has 4 aromatic rings. The van der Waals surface area contributed by atoms with Crippen molar-refractivity contribution in [2.45, 2.75) is 52.4 Å². The van der Waals surface area contributed by atoms with E-state index >= 15 is 0 Å². The van der Waals surface area contributed by atoms with Gasteiger partial charge in [-0.3, -0.25) is 4.79 Å². The Morgan fingerprint density at radius 2 is 1.91 bits per heavy atom. The Morgan fingerprint density at radius 3 is 2.66 bits per heavy atom. The van der Waals surface area contributed by atoms with Crippen LogP contribution >= 0.6 is 22.7 Å². The average molecular weight is 461 g/mol. The minimum absolute atomic E-state index is 0.0382. The fraction of sp³-hybridized carbons (Fsp3) is 0.333. The van der Waals surface area contributed by atoms with Crippen LogP contribution < -0.4 is 5.32 Å². The van der Waals surface area contributed by atoms with Gasteiger partial charge < -0.3 is 5.32 Å². The summed E-state index contributed by atoms with van der Waals surface area (Å²) in [7, 11) is 0. The Balaban J connectivity index is 1.46. The van der Waals surface area contributed by atoms with Gasteiger partial charge in [-0.2, -0.15) is 0 Å². The van der Waals surface area contributed by atoms with E-state index in [0.717, 1.165) is 39.5 Å². The Kier molecular flexibility index (Phi) is 5.87. The van der Waals surface area contributed by atoms with E-state index in [4.69, 9.17) is 4.98 Å². The van der Waals surface area contributed by atoms with Crippen molar-refractivity contribution in [3.8, 4) is 10.6 Å². The van der Waals surface area contributed by atoms with E-state index in [1.54, 1.807) is 22.7 Å². The molecule has 32 heavy (non-hydrogen) atoms. The Labute approximate surface area is 197 Å². The molecule has 2 aromatic carbocycles. The summed E-state index contributed by atoms with van der Waals surface area (Å²) in [6.07, 6.45) is 3.73. The van der Waals surface area contributed by atoms with E-state index in [1.807, 2.05) is 6.07 Å². The largest absolute Gasteiger partial charge is 0.317 e. The molecule has 0 spiro atoms. The second kappa shape index (κ2) is 8.80. The number of hydrogen-bond donors (Lipinski definition) is 1. The number of hydrogen-bond acceptors (Lipinski definition) is 4. The van der Waals surface area contributed by atoms with Gasteiger partial charge in [0.2, 0.25) is 5.91 Å². The molecule has 164 valence electrons. The van der Waals surface area contributed by atoms with Gasteiger partial charge in [-0.25, -0.2) is 4.98 Å². The predicted octanol–water partition coefficient (Wildman–Crippen LogP) is 7.45. The highest BCUT2D eigenvalue weighted by molar-refractivity contribution is 7.22. The van der Waals surface area contributed by atoms with Gasteiger partial charge in [0.1, 0.15) is 10.0 Å². The van der Waals surface area contributed by atoms with Gasteiger partial charge in [-0.1, -0.05) is 57.2 Å². The van der Waals surface area contributed by atoms with E-state index in [2.05, 4.69) is 68.6 Å². The van der Waals surface area contributed by atoms with E-state index in [9.17, 15) is 4.79 Å². The van der Waals surface area contributed by atoms with E-state index < -0.39 is 0 Å². The molecule has 0 aliphatic heterocycles. The highest BCUT2D eigenvalue weighted by atomic mass is 32.1. The average Bonchev–Trinajstić information content (AvgIpc) is 3.34. The number of rotatable bonds is 5. The molecular formula is C27H28N2OS2. The van der Waals surface area contributed by atoms with Crippen molar-refractivity contribution in [2.24, 2.45) is 5.92 Å². The van der Waals surface area contributed by atoms with Gasteiger partial charge >= 0.3 is 0 Å². The molecule has 3 nitrogen and oxygen atoms in total. The summed E-state index contributed by atoms with van der Waals surface area (Å²) >= 11 is 3.47. The second-order valence-corrected chi connectivity index (χ2v) is 11.3. The molecule has 0 bridgehead atoms. The highest BCUT2D eigenvalue weighted by Crippen LogP contribution is 2.47. The number of aromatic nitrogens is 1. The standard InChI is InChI=1S/C27H28N2OS2/c1-16(2)19-11-9-18(10-12-19)15-24(30)29-27-25(20-13-8-17(3)14-23(20)32-27)26-28-21-6-4-5-7-22(21)31-26/h4-7,9-12,16-17H,8,13-15H2,1-3H3,(H,29,30). The van der Waals surface area contributed by atoms with Crippen molar-refractivity contribution in [2.75, 3.05) is 5.32 Å². The molecular weight excluding hydrogens is 432 g/mol. The maximum absolute atomic E-state index is 13.0. The zero-order valence-electron chi connectivity index (χ0n) is 18.8. The van der Waals surface area contributed by atoms with Gasteiger partial charge in [0.15, 0.2) is 0 Å². The fourth-order valence-electron chi connectivity index (χ4n) is 4.42. The van der Waals surface area contributed by atoms with E-state index in [1.165, 1.54) is 27.1 Å². The Morgan fingerprint density at radius 1 is 1.12 bits per heavy atom. The molecule has 0 saturated carbocycles. The summed E-state index contributed by atoms with van der Waals surface area (Å²) in [5, 5.41) is 5.25. The number of nitrogens with one attached hydrogen (secondary N) is 1. The first kappa shape index (κ1) is 21.4. The van der Waals surface area contributed by atoms with Gasteiger partial charge in [-0.15, -0.1) is 22.7 Å². The SMILES string of the molecule is CC1CCc2c(sc(NC(=O)Cc3ccc(C(C)C)cc3)c2-c2nc3ccccc3s2)C1. The number of fused-ring (bicyclic) bond motifs is 2. The number of thiophene rings is 1. The molecule has 0 saturated heterocycles. The summed E-state index contributed by atoms with van der Waals surface area (Å²) in [5.74, 6) is 1.22. The minimum Gasteiger partial charge on any atom is -0.317 e. The number of amides is 1. The molecule has 1 amide bonds. The third kappa shape index (κ3) is 4.24. The van der Waals surface area contributed by atoms with Crippen LogP contribution in [0.4, 0.5) is 5.00 Å². The number of nitrogens with zero attached hydrogens (tertiary/aromatic N) is 1. The van der Waals surface area contributed by atoms with Crippen LogP contribution in [0.3, 0.4) is 0 Å². The minimum atomic E-state index is 0.0382. The molecule has 0 fully saturated rings. The number of carbonyl (C=O) groups is 1. The molecule has 1 aliphatic carbocycles. The molecule has 1 aliphatic rings. The maximum atomic E-state index is 13.0. The van der Waals surface area contributed by atoms with Crippen LogP contribution in [0.1, 0.15) is 54.7 Å². The molecule has 2 aromatic heterocycles. The zero-order valence-corrected chi connectivity index (χ0v) is 20.4. The van der Waals surface area contributed by atoms with Gasteiger partial charge in [-0.05, 0) is 59.9 Å². The van der Waals surface area contributed by atoms with Crippen LogP contribution in [-0.4, -0.2) is 10.9 Å². The number of benzene rings is 2. The maximum Gasteiger partial charge on any atom is 0.229 e. The normalized spacial score (nSPS) is 15.8. The quantitative estimate of drug-likeness (QED) is 0.336. The summed E-state index contributed by atoms with van der Waals surface area (Å²) in [5.41, 5.74) is 5.92. The third-order valence-electron chi connectivity index (χ3n) is 6.28. The number of para-hydroxylation sites is 1. The van der Waals surface area contributed by atoms with E-state index in [-0.39, 0.29) is 5.91 Å². The van der Waals surface area contributed by atoms with Crippen LogP contribution in [0.2, 0.25) is 0 Å². The fourth-order valence-corrected chi connectivity index (χ4v) is 6.96. The lowest BCUT2D eigenvalue weighted by Gasteiger charge is -2.18. The second-order valence-electron chi connectivity index (χ2n) is 9.16. The third-order valence-corrected chi connectivity index (χ3v) is 8.51. The van der Waals surface area contributed by atoms with Crippen LogP contribution in [0.5, 0.6) is 0 Å². The van der Waals surface area contributed by atoms with Gasteiger partial charge in [0, 0.05) is 10.4 Å². The monoisotopic (exact) mass is 460 g/mol. The van der Waals surface area contributed by atoms with Crippen LogP contribution in [0.15, 0.2) is 48.5 Å². The van der Waals surface area contributed by atoms with E-state index in [0.29, 0.717) is 18.3 Å². The number of anilines is 1. The Hall–Kier alpha value is -2.50. The van der Waals surface area contributed by atoms with Crippen molar-refractivity contribution in [3.63, 3.8) is 0 Å². The zero-order chi connectivity index (χ0) is 22.2. The molecule has 1 N–H and O–H groups in total. The summed E-state index contributed by atoms with van der Waals surface area (Å²) < 4.78 is 1.19. The molecule has 0 radical (unpaired) electrons.